The van der Waals surface area contributed by atoms with Crippen LogP contribution in [0.4, 0.5) is 0 Å². The zero-order valence-corrected chi connectivity index (χ0v) is 16.2. The molecule has 0 fully saturated rings. The Balaban J connectivity index is 1.49. The number of benzene rings is 1. The number of H-pyrrole nitrogens is 1. The Morgan fingerprint density at radius 3 is 2.96 bits per heavy atom. The van der Waals surface area contributed by atoms with Crippen LogP contribution in [0.2, 0.25) is 0 Å². The Hall–Kier alpha value is -2.87. The largest absolute Gasteiger partial charge is 0.465 e. The second-order valence-corrected chi connectivity index (χ2v) is 7.24. The normalized spacial score (nSPS) is 11.3. The van der Waals surface area contributed by atoms with Crippen molar-refractivity contribution in [3.8, 4) is 0 Å². The summed E-state index contributed by atoms with van der Waals surface area (Å²) in [5.74, 6) is 1.34. The molecule has 1 amide bonds. The highest BCUT2D eigenvalue weighted by Gasteiger charge is 2.12. The van der Waals surface area contributed by atoms with Crippen LogP contribution in [0.3, 0.4) is 0 Å². The molecular formula is C19H17BrN4O3. The molecule has 0 unspecified atom stereocenters. The fraction of sp³-hybridized carbons (Fsp3) is 0.211. The summed E-state index contributed by atoms with van der Waals surface area (Å²) in [6.07, 6.45) is 1.67. The number of aromatic amines is 1. The van der Waals surface area contributed by atoms with Crippen LogP contribution in [0, 0.1) is 6.92 Å². The fourth-order valence-corrected chi connectivity index (χ4v) is 3.36. The predicted octanol–water partition coefficient (Wildman–Crippen LogP) is 3.25. The number of nitrogens with zero attached hydrogens (tertiary/aromatic N) is 2. The fourth-order valence-electron chi connectivity index (χ4n) is 3.00. The number of halogens is 1. The van der Waals surface area contributed by atoms with Crippen molar-refractivity contribution in [1.82, 2.24) is 19.9 Å². The van der Waals surface area contributed by atoms with Gasteiger partial charge in [-0.15, -0.1) is 0 Å². The van der Waals surface area contributed by atoms with E-state index in [-0.39, 0.29) is 24.4 Å². The summed E-state index contributed by atoms with van der Waals surface area (Å²) in [7, 11) is 0. The van der Waals surface area contributed by atoms with Gasteiger partial charge >= 0.3 is 0 Å². The van der Waals surface area contributed by atoms with Crippen LogP contribution >= 0.6 is 15.9 Å². The number of aromatic nitrogens is 3. The van der Waals surface area contributed by atoms with Crippen LogP contribution in [0.1, 0.15) is 17.9 Å². The minimum atomic E-state index is -0.193. The van der Waals surface area contributed by atoms with Crippen molar-refractivity contribution in [2.75, 3.05) is 0 Å². The second kappa shape index (κ2) is 7.03. The molecule has 0 aliphatic rings. The summed E-state index contributed by atoms with van der Waals surface area (Å²) in [4.78, 5) is 32.3. The molecule has 8 heteroatoms. The van der Waals surface area contributed by atoms with E-state index in [1.165, 1.54) is 10.9 Å². The Kier molecular flexibility index (Phi) is 4.57. The molecule has 3 aromatic heterocycles. The molecule has 0 saturated carbocycles. The average molecular weight is 429 g/mol. The SMILES string of the molecule is Cc1ccc(CNC(=O)CCn2cnc3c([nH]c4ccc(Br)cc43)c2=O)o1. The Labute approximate surface area is 162 Å². The summed E-state index contributed by atoms with van der Waals surface area (Å²) < 4.78 is 7.78. The highest BCUT2D eigenvalue weighted by atomic mass is 79.9. The predicted molar refractivity (Wildman–Crippen MR) is 105 cm³/mol. The monoisotopic (exact) mass is 428 g/mol. The molecule has 0 saturated heterocycles. The van der Waals surface area contributed by atoms with Crippen molar-refractivity contribution in [2.45, 2.75) is 26.4 Å². The highest BCUT2D eigenvalue weighted by Crippen LogP contribution is 2.24. The number of fused-ring (bicyclic) bond motifs is 3. The van der Waals surface area contributed by atoms with Crippen molar-refractivity contribution in [1.29, 1.82) is 0 Å². The third kappa shape index (κ3) is 3.52. The number of rotatable bonds is 5. The van der Waals surface area contributed by atoms with Crippen LogP contribution in [-0.2, 0) is 17.9 Å². The van der Waals surface area contributed by atoms with Gasteiger partial charge in [0.15, 0.2) is 0 Å². The summed E-state index contributed by atoms with van der Waals surface area (Å²) >= 11 is 3.43. The van der Waals surface area contributed by atoms with E-state index >= 15 is 0 Å². The number of hydrogen-bond donors (Lipinski definition) is 2. The zero-order chi connectivity index (χ0) is 19.0. The standard InChI is InChI=1S/C19H17BrN4O3/c1-11-2-4-13(27-11)9-21-16(25)6-7-24-10-22-17-14-8-12(20)3-5-15(14)23-18(17)19(24)26/h2-5,8,10,23H,6-7,9H2,1H3,(H,21,25). The number of carbonyl (C=O) groups excluding carboxylic acids is 1. The van der Waals surface area contributed by atoms with Gasteiger partial charge in [0.2, 0.25) is 5.91 Å². The number of furan rings is 1. The lowest BCUT2D eigenvalue weighted by atomic mass is 10.2. The zero-order valence-electron chi connectivity index (χ0n) is 14.6. The van der Waals surface area contributed by atoms with E-state index in [1.807, 2.05) is 37.3 Å². The van der Waals surface area contributed by atoms with Crippen molar-refractivity contribution in [3.05, 3.63) is 63.0 Å². The van der Waals surface area contributed by atoms with E-state index in [9.17, 15) is 9.59 Å². The quantitative estimate of drug-likeness (QED) is 0.510. The molecule has 3 heterocycles. The molecule has 4 rings (SSSR count). The van der Waals surface area contributed by atoms with E-state index in [1.54, 1.807) is 0 Å². The first-order valence-electron chi connectivity index (χ1n) is 8.49. The first-order chi connectivity index (χ1) is 13.0. The number of nitrogens with one attached hydrogen (secondary N) is 2. The lowest BCUT2D eigenvalue weighted by Gasteiger charge is -2.06. The number of amides is 1. The summed E-state index contributed by atoms with van der Waals surface area (Å²) in [5, 5.41) is 3.67. The maximum absolute atomic E-state index is 12.7. The number of carbonyl (C=O) groups is 1. The van der Waals surface area contributed by atoms with Gasteiger partial charge < -0.3 is 14.7 Å². The van der Waals surface area contributed by atoms with Gasteiger partial charge in [-0.05, 0) is 37.3 Å². The van der Waals surface area contributed by atoms with Gasteiger partial charge in [-0.3, -0.25) is 14.2 Å². The molecule has 27 heavy (non-hydrogen) atoms. The van der Waals surface area contributed by atoms with Crippen molar-refractivity contribution >= 4 is 43.8 Å². The third-order valence-corrected chi connectivity index (χ3v) is 4.86. The van der Waals surface area contributed by atoms with Gasteiger partial charge in [0.1, 0.15) is 22.6 Å². The van der Waals surface area contributed by atoms with Gasteiger partial charge in [-0.25, -0.2) is 4.98 Å². The molecule has 0 aliphatic carbocycles. The average Bonchev–Trinajstić information content (AvgIpc) is 3.23. The molecule has 0 spiro atoms. The topological polar surface area (TPSA) is 92.9 Å². The first-order valence-corrected chi connectivity index (χ1v) is 9.29. The van der Waals surface area contributed by atoms with Crippen LogP contribution in [0.15, 0.2) is 50.3 Å². The van der Waals surface area contributed by atoms with E-state index < -0.39 is 0 Å². The molecule has 138 valence electrons. The Bertz CT molecular complexity index is 1200. The van der Waals surface area contributed by atoms with Gasteiger partial charge in [0, 0.05) is 28.3 Å². The van der Waals surface area contributed by atoms with Crippen molar-refractivity contribution in [3.63, 3.8) is 0 Å². The molecule has 4 aromatic rings. The summed E-state index contributed by atoms with van der Waals surface area (Å²) in [5.41, 5.74) is 1.73. The smallest absolute Gasteiger partial charge is 0.277 e. The lowest BCUT2D eigenvalue weighted by molar-refractivity contribution is -0.121. The van der Waals surface area contributed by atoms with Crippen LogP contribution in [-0.4, -0.2) is 20.4 Å². The van der Waals surface area contributed by atoms with E-state index in [0.29, 0.717) is 23.3 Å². The van der Waals surface area contributed by atoms with Gasteiger partial charge in [-0.1, -0.05) is 15.9 Å². The van der Waals surface area contributed by atoms with Crippen LogP contribution in [0.5, 0.6) is 0 Å². The Morgan fingerprint density at radius 1 is 1.33 bits per heavy atom. The lowest BCUT2D eigenvalue weighted by Crippen LogP contribution is -2.27. The molecule has 1 aromatic carbocycles. The van der Waals surface area contributed by atoms with Gasteiger partial charge in [-0.2, -0.15) is 0 Å². The Morgan fingerprint density at radius 2 is 2.19 bits per heavy atom. The molecule has 2 N–H and O–H groups in total. The molecule has 0 radical (unpaired) electrons. The molecule has 0 bridgehead atoms. The molecule has 0 aliphatic heterocycles. The summed E-state index contributed by atoms with van der Waals surface area (Å²) in [6, 6.07) is 9.40. The van der Waals surface area contributed by atoms with E-state index in [0.717, 1.165) is 21.1 Å². The summed E-state index contributed by atoms with van der Waals surface area (Å²) in [6.45, 7) is 2.43. The molecule has 7 nitrogen and oxygen atoms in total. The van der Waals surface area contributed by atoms with E-state index in [2.05, 4.69) is 31.2 Å². The van der Waals surface area contributed by atoms with Crippen molar-refractivity contribution < 1.29 is 9.21 Å². The van der Waals surface area contributed by atoms with Crippen LogP contribution in [0.25, 0.3) is 21.9 Å². The minimum absolute atomic E-state index is 0.156. The van der Waals surface area contributed by atoms with Gasteiger partial charge in [0.05, 0.1) is 12.9 Å². The second-order valence-electron chi connectivity index (χ2n) is 6.32. The minimum Gasteiger partial charge on any atom is -0.465 e. The molecular weight excluding hydrogens is 412 g/mol. The third-order valence-electron chi connectivity index (χ3n) is 4.37. The van der Waals surface area contributed by atoms with Crippen LogP contribution < -0.4 is 10.9 Å². The van der Waals surface area contributed by atoms with Crippen molar-refractivity contribution in [2.24, 2.45) is 0 Å². The maximum Gasteiger partial charge on any atom is 0.277 e. The first kappa shape index (κ1) is 17.5. The number of aryl methyl sites for hydroxylation is 2. The maximum atomic E-state index is 12.7. The van der Waals surface area contributed by atoms with E-state index in [4.69, 9.17) is 4.42 Å². The molecule has 0 atom stereocenters. The number of hydrogen-bond acceptors (Lipinski definition) is 4. The van der Waals surface area contributed by atoms with Gasteiger partial charge in [0.25, 0.3) is 5.56 Å². The highest BCUT2D eigenvalue weighted by molar-refractivity contribution is 9.10.